The van der Waals surface area contributed by atoms with E-state index in [-0.39, 0.29) is 18.2 Å². The third kappa shape index (κ3) is 3.90. The number of carbonyl (C=O) groups is 1. The third-order valence-electron chi connectivity index (χ3n) is 3.71. The molecule has 1 amide bonds. The van der Waals surface area contributed by atoms with Crippen LogP contribution in [0.2, 0.25) is 0 Å². The van der Waals surface area contributed by atoms with Crippen LogP contribution in [-0.2, 0) is 6.18 Å². The van der Waals surface area contributed by atoms with Crippen LogP contribution in [0.25, 0.3) is 0 Å². The summed E-state index contributed by atoms with van der Waals surface area (Å²) < 4.78 is 40.8. The lowest BCUT2D eigenvalue weighted by atomic mass is 10.1. The molecule has 3 aromatic rings. The van der Waals surface area contributed by atoms with E-state index in [1.165, 1.54) is 29.5 Å². The minimum atomic E-state index is -4.58. The molecule has 1 atom stereocenters. The second-order valence-corrected chi connectivity index (χ2v) is 6.09. The van der Waals surface area contributed by atoms with Crippen molar-refractivity contribution >= 4 is 17.2 Å². The van der Waals surface area contributed by atoms with Gasteiger partial charge in [0.2, 0.25) is 0 Å². The lowest BCUT2D eigenvalue weighted by Crippen LogP contribution is -2.32. The van der Waals surface area contributed by atoms with Gasteiger partial charge >= 0.3 is 6.18 Å². The molecule has 0 saturated heterocycles. The predicted molar refractivity (Wildman–Crippen MR) is 88.5 cm³/mol. The van der Waals surface area contributed by atoms with E-state index in [1.54, 1.807) is 23.1 Å². The fourth-order valence-electron chi connectivity index (χ4n) is 2.51. The minimum absolute atomic E-state index is 0.128. The number of amides is 1. The van der Waals surface area contributed by atoms with Gasteiger partial charge in [-0.2, -0.15) is 29.6 Å². The number of rotatable bonds is 5. The van der Waals surface area contributed by atoms with E-state index in [9.17, 15) is 18.0 Å². The van der Waals surface area contributed by atoms with E-state index in [0.29, 0.717) is 0 Å². The first-order valence-corrected chi connectivity index (χ1v) is 8.37. The SMILES string of the molecule is O=C(NC[C@H](c1ccsc1)n1cccn1)c1ccccc1C(F)(F)F. The third-order valence-corrected chi connectivity index (χ3v) is 4.41. The fraction of sp³-hybridized carbons (Fsp3) is 0.176. The lowest BCUT2D eigenvalue weighted by molar-refractivity contribution is -0.137. The molecule has 4 nitrogen and oxygen atoms in total. The molecule has 1 N–H and O–H groups in total. The van der Waals surface area contributed by atoms with Gasteiger partial charge in [-0.1, -0.05) is 12.1 Å². The van der Waals surface area contributed by atoms with Gasteiger partial charge in [0, 0.05) is 18.9 Å². The molecule has 0 aliphatic rings. The molecule has 0 spiro atoms. The molecular weight excluding hydrogens is 351 g/mol. The van der Waals surface area contributed by atoms with Gasteiger partial charge in [0.1, 0.15) is 0 Å². The summed E-state index contributed by atoms with van der Waals surface area (Å²) in [5, 5.41) is 10.6. The molecule has 2 heterocycles. The Labute approximate surface area is 145 Å². The Morgan fingerprint density at radius 3 is 2.68 bits per heavy atom. The molecule has 2 aromatic heterocycles. The van der Waals surface area contributed by atoms with Crippen molar-refractivity contribution in [2.45, 2.75) is 12.2 Å². The number of nitrogens with one attached hydrogen (secondary N) is 1. The Balaban J connectivity index is 1.80. The van der Waals surface area contributed by atoms with Gasteiger partial charge in [-0.3, -0.25) is 9.48 Å². The summed E-state index contributed by atoms with van der Waals surface area (Å²) in [6, 6.07) is 8.10. The highest BCUT2D eigenvalue weighted by Crippen LogP contribution is 2.31. The van der Waals surface area contributed by atoms with Crippen LogP contribution in [0.15, 0.2) is 59.6 Å². The summed E-state index contributed by atoms with van der Waals surface area (Å²) in [5.74, 6) is -0.764. The van der Waals surface area contributed by atoms with Crippen molar-refractivity contribution in [3.8, 4) is 0 Å². The van der Waals surface area contributed by atoms with Crippen LogP contribution in [0.4, 0.5) is 13.2 Å². The number of alkyl halides is 3. The standard InChI is InChI=1S/C17H14F3N3OS/c18-17(19,20)14-5-2-1-4-13(14)16(24)21-10-15(12-6-9-25-11-12)23-8-3-7-22-23/h1-9,11,15H,10H2,(H,21,24)/t15-/m1/s1. The predicted octanol–water partition coefficient (Wildman–Crippen LogP) is 3.98. The second-order valence-electron chi connectivity index (χ2n) is 5.31. The monoisotopic (exact) mass is 365 g/mol. The zero-order valence-corrected chi connectivity index (χ0v) is 13.7. The summed E-state index contributed by atoms with van der Waals surface area (Å²) in [5.41, 5.74) is -0.406. The number of aromatic nitrogens is 2. The van der Waals surface area contributed by atoms with Gasteiger partial charge in [-0.25, -0.2) is 0 Å². The highest BCUT2D eigenvalue weighted by molar-refractivity contribution is 7.07. The minimum Gasteiger partial charge on any atom is -0.350 e. The fourth-order valence-corrected chi connectivity index (χ4v) is 3.21. The quantitative estimate of drug-likeness (QED) is 0.743. The Bertz CT molecular complexity index is 795. The lowest BCUT2D eigenvalue weighted by Gasteiger charge is -2.18. The van der Waals surface area contributed by atoms with Crippen LogP contribution in [0.3, 0.4) is 0 Å². The van der Waals surface area contributed by atoms with Crippen molar-refractivity contribution in [3.63, 3.8) is 0 Å². The highest BCUT2D eigenvalue weighted by atomic mass is 32.1. The van der Waals surface area contributed by atoms with E-state index in [1.807, 2.05) is 16.8 Å². The average molecular weight is 365 g/mol. The number of thiophene rings is 1. The van der Waals surface area contributed by atoms with Crippen LogP contribution < -0.4 is 5.32 Å². The normalized spacial score (nSPS) is 12.8. The smallest absolute Gasteiger partial charge is 0.350 e. The van der Waals surface area contributed by atoms with Crippen LogP contribution in [-0.4, -0.2) is 22.2 Å². The molecule has 8 heteroatoms. The summed E-state index contributed by atoms with van der Waals surface area (Å²) in [6.07, 6.45) is -1.22. The van der Waals surface area contributed by atoms with Gasteiger partial charge in [-0.15, -0.1) is 0 Å². The van der Waals surface area contributed by atoms with Crippen molar-refractivity contribution < 1.29 is 18.0 Å². The molecule has 0 fully saturated rings. The van der Waals surface area contributed by atoms with E-state index in [2.05, 4.69) is 10.4 Å². The van der Waals surface area contributed by atoms with Crippen LogP contribution in [0, 0.1) is 0 Å². The van der Waals surface area contributed by atoms with Gasteiger partial charge < -0.3 is 5.32 Å². The van der Waals surface area contributed by atoms with Crippen LogP contribution in [0.1, 0.15) is 27.5 Å². The molecule has 130 valence electrons. The van der Waals surface area contributed by atoms with Crippen molar-refractivity contribution in [3.05, 3.63) is 76.2 Å². The van der Waals surface area contributed by atoms with Gasteiger partial charge in [-0.05, 0) is 40.6 Å². The Hall–Kier alpha value is -2.61. The zero-order valence-electron chi connectivity index (χ0n) is 12.9. The number of halogens is 3. The molecule has 25 heavy (non-hydrogen) atoms. The number of nitrogens with zero attached hydrogens (tertiary/aromatic N) is 2. The van der Waals surface area contributed by atoms with E-state index < -0.39 is 17.6 Å². The summed E-state index contributed by atoms with van der Waals surface area (Å²) in [6.45, 7) is 0.128. The maximum Gasteiger partial charge on any atom is 0.417 e. The summed E-state index contributed by atoms with van der Waals surface area (Å²) in [7, 11) is 0. The summed E-state index contributed by atoms with van der Waals surface area (Å²) in [4.78, 5) is 12.3. The van der Waals surface area contributed by atoms with Crippen molar-refractivity contribution in [1.29, 1.82) is 0 Å². The first-order valence-electron chi connectivity index (χ1n) is 7.42. The molecule has 0 bridgehead atoms. The molecule has 0 unspecified atom stereocenters. The molecule has 0 aliphatic heterocycles. The maximum atomic E-state index is 13.1. The van der Waals surface area contributed by atoms with Crippen molar-refractivity contribution in [1.82, 2.24) is 15.1 Å². The number of carbonyl (C=O) groups excluding carboxylic acids is 1. The second kappa shape index (κ2) is 7.10. The largest absolute Gasteiger partial charge is 0.417 e. The molecular formula is C17H14F3N3OS. The first kappa shape index (κ1) is 17.2. The van der Waals surface area contributed by atoms with Gasteiger partial charge in [0.05, 0.1) is 17.2 Å². The summed E-state index contributed by atoms with van der Waals surface area (Å²) >= 11 is 1.50. The van der Waals surface area contributed by atoms with Crippen LogP contribution in [0.5, 0.6) is 0 Å². The average Bonchev–Trinajstić information content (AvgIpc) is 3.28. The molecule has 0 aliphatic carbocycles. The van der Waals surface area contributed by atoms with Gasteiger partial charge in [0.15, 0.2) is 0 Å². The Morgan fingerprint density at radius 2 is 2.04 bits per heavy atom. The van der Waals surface area contributed by atoms with Crippen molar-refractivity contribution in [2.24, 2.45) is 0 Å². The Kier molecular flexibility index (Phi) is 4.89. The van der Waals surface area contributed by atoms with Gasteiger partial charge in [0.25, 0.3) is 5.91 Å². The highest BCUT2D eigenvalue weighted by Gasteiger charge is 2.34. The topological polar surface area (TPSA) is 46.9 Å². The Morgan fingerprint density at radius 1 is 1.24 bits per heavy atom. The molecule has 0 radical (unpaired) electrons. The number of hydrogen-bond acceptors (Lipinski definition) is 3. The van der Waals surface area contributed by atoms with Crippen LogP contribution >= 0.6 is 11.3 Å². The van der Waals surface area contributed by atoms with E-state index in [4.69, 9.17) is 0 Å². The molecule has 0 saturated carbocycles. The molecule has 3 rings (SSSR count). The maximum absolute atomic E-state index is 13.1. The van der Waals surface area contributed by atoms with E-state index in [0.717, 1.165) is 11.6 Å². The number of benzene rings is 1. The first-order chi connectivity index (χ1) is 12.0. The molecule has 1 aromatic carbocycles. The van der Waals surface area contributed by atoms with E-state index >= 15 is 0 Å². The zero-order chi connectivity index (χ0) is 17.9. The van der Waals surface area contributed by atoms with Crippen molar-refractivity contribution in [2.75, 3.05) is 6.54 Å². The number of hydrogen-bond donors (Lipinski definition) is 1.